The van der Waals surface area contributed by atoms with Crippen molar-refractivity contribution in [2.45, 2.75) is 19.0 Å². The molecular weight excluding hydrogens is 371 g/mol. The molecule has 2 N–H and O–H groups in total. The topological polar surface area (TPSA) is 59.0 Å². The standard InChI is InChI=1S/C17H11F5N4O/c18-11-4-3-9(5-12(11)19)24-16(27)10-7-23-26-14(17(20,21)22)6-13(8-1-2-8)25-15(10)26/h3-7,25H,1-2H2,(H,24,27). The lowest BCUT2D eigenvalue weighted by atomic mass is 10.2. The van der Waals surface area contributed by atoms with Crippen molar-refractivity contribution in [2.75, 3.05) is 10.6 Å². The second-order valence-electron chi connectivity index (χ2n) is 6.07. The van der Waals surface area contributed by atoms with Gasteiger partial charge in [0.1, 0.15) is 17.1 Å². The van der Waals surface area contributed by atoms with Crippen LogP contribution in [-0.4, -0.2) is 21.9 Å². The summed E-state index contributed by atoms with van der Waals surface area (Å²) >= 11 is 0. The molecular formula is C17H11F5N4O. The van der Waals surface area contributed by atoms with Crippen LogP contribution in [0.4, 0.5) is 33.5 Å². The lowest BCUT2D eigenvalue weighted by Gasteiger charge is -2.22. The third kappa shape index (κ3) is 3.18. The summed E-state index contributed by atoms with van der Waals surface area (Å²) in [4.78, 5) is 12.5. The number of alkyl halides is 3. The maximum atomic E-state index is 13.4. The molecule has 0 bridgehead atoms. The number of hydrogen-bond acceptors (Lipinski definition) is 3. The van der Waals surface area contributed by atoms with E-state index in [0.717, 1.165) is 36.0 Å². The number of nitrogens with zero attached hydrogens (tertiary/aromatic N) is 2. The highest BCUT2D eigenvalue weighted by molar-refractivity contribution is 6.08. The van der Waals surface area contributed by atoms with E-state index in [2.05, 4.69) is 15.7 Å². The minimum Gasteiger partial charge on any atom is -0.339 e. The van der Waals surface area contributed by atoms with Gasteiger partial charge in [0.25, 0.3) is 5.91 Å². The van der Waals surface area contributed by atoms with E-state index in [1.54, 1.807) is 0 Å². The van der Waals surface area contributed by atoms with Crippen molar-refractivity contribution in [1.82, 2.24) is 9.78 Å². The summed E-state index contributed by atoms with van der Waals surface area (Å²) in [5.74, 6) is -3.19. The molecule has 0 unspecified atom stereocenters. The monoisotopic (exact) mass is 382 g/mol. The van der Waals surface area contributed by atoms with Crippen molar-refractivity contribution in [1.29, 1.82) is 0 Å². The van der Waals surface area contributed by atoms with E-state index < -0.39 is 29.4 Å². The molecule has 1 saturated carbocycles. The SMILES string of the molecule is O=C(Nc1ccc(F)c(F)c1)c1cnn2c1NC(=C1CC1)C=C2C(F)(F)F. The first-order valence-corrected chi connectivity index (χ1v) is 7.87. The number of carbonyl (C=O) groups excluding carboxylic acids is 1. The summed E-state index contributed by atoms with van der Waals surface area (Å²) < 4.78 is 66.9. The zero-order chi connectivity index (χ0) is 19.3. The molecule has 0 spiro atoms. The van der Waals surface area contributed by atoms with Gasteiger partial charge in [-0.3, -0.25) is 4.79 Å². The van der Waals surface area contributed by atoms with Crippen LogP contribution in [0.5, 0.6) is 0 Å². The Morgan fingerprint density at radius 1 is 1.19 bits per heavy atom. The third-order valence-corrected chi connectivity index (χ3v) is 4.12. The number of aromatic nitrogens is 2. The Labute approximate surface area is 149 Å². The van der Waals surface area contributed by atoms with Crippen molar-refractivity contribution in [3.05, 3.63) is 58.9 Å². The quantitative estimate of drug-likeness (QED) is 0.762. The maximum Gasteiger partial charge on any atom is 0.433 e. The van der Waals surface area contributed by atoms with Gasteiger partial charge in [-0.1, -0.05) is 0 Å². The molecule has 1 aromatic heterocycles. The van der Waals surface area contributed by atoms with Gasteiger partial charge in [-0.15, -0.1) is 0 Å². The molecule has 1 aliphatic heterocycles. The number of fused-ring (bicyclic) bond motifs is 1. The van der Waals surface area contributed by atoms with Crippen molar-refractivity contribution in [2.24, 2.45) is 0 Å². The summed E-state index contributed by atoms with van der Waals surface area (Å²) in [7, 11) is 0. The highest BCUT2D eigenvalue weighted by Crippen LogP contribution is 2.41. The van der Waals surface area contributed by atoms with Crippen LogP contribution in [0.1, 0.15) is 23.2 Å². The number of hydrogen-bond donors (Lipinski definition) is 2. The van der Waals surface area contributed by atoms with E-state index in [4.69, 9.17) is 0 Å². The summed E-state index contributed by atoms with van der Waals surface area (Å²) in [6.45, 7) is 0. The van der Waals surface area contributed by atoms with Crippen molar-refractivity contribution in [3.8, 4) is 0 Å². The largest absolute Gasteiger partial charge is 0.433 e. The van der Waals surface area contributed by atoms with Crippen LogP contribution < -0.4 is 10.6 Å². The minimum atomic E-state index is -4.67. The van der Waals surface area contributed by atoms with Crippen LogP contribution in [0.3, 0.4) is 0 Å². The Hall–Kier alpha value is -3.17. The van der Waals surface area contributed by atoms with Crippen LogP contribution in [0.2, 0.25) is 0 Å². The minimum absolute atomic E-state index is 0.0398. The number of amides is 1. The van der Waals surface area contributed by atoms with E-state index in [9.17, 15) is 26.7 Å². The molecule has 1 aromatic carbocycles. The Kier molecular flexibility index (Phi) is 3.79. The Bertz CT molecular complexity index is 1010. The van der Waals surface area contributed by atoms with Gasteiger partial charge in [0.15, 0.2) is 11.6 Å². The Morgan fingerprint density at radius 3 is 2.56 bits per heavy atom. The molecule has 1 fully saturated rings. The van der Waals surface area contributed by atoms with Gasteiger partial charge in [-0.05, 0) is 36.6 Å². The summed E-state index contributed by atoms with van der Waals surface area (Å²) in [5, 5.41) is 8.79. The predicted molar refractivity (Wildman–Crippen MR) is 86.7 cm³/mol. The second kappa shape index (κ2) is 5.93. The average molecular weight is 382 g/mol. The maximum absolute atomic E-state index is 13.4. The number of halogens is 5. The van der Waals surface area contributed by atoms with Gasteiger partial charge >= 0.3 is 6.18 Å². The molecule has 0 atom stereocenters. The van der Waals surface area contributed by atoms with Crippen LogP contribution in [0, 0.1) is 11.6 Å². The van der Waals surface area contributed by atoms with Crippen molar-refractivity contribution in [3.63, 3.8) is 0 Å². The number of allylic oxidation sites excluding steroid dienone is 3. The van der Waals surface area contributed by atoms with E-state index in [1.165, 1.54) is 0 Å². The van der Waals surface area contributed by atoms with E-state index in [1.807, 2.05) is 0 Å². The molecule has 1 amide bonds. The normalized spacial score (nSPS) is 15.8. The van der Waals surface area contributed by atoms with E-state index in [-0.39, 0.29) is 22.8 Å². The van der Waals surface area contributed by atoms with E-state index in [0.29, 0.717) is 17.5 Å². The third-order valence-electron chi connectivity index (χ3n) is 4.12. The van der Waals surface area contributed by atoms with Gasteiger partial charge in [-0.25, -0.2) is 13.5 Å². The highest BCUT2D eigenvalue weighted by Gasteiger charge is 2.41. The smallest absolute Gasteiger partial charge is 0.339 e. The molecule has 1 aliphatic carbocycles. The molecule has 0 saturated heterocycles. The fraction of sp³-hybridized carbons (Fsp3) is 0.176. The molecule has 27 heavy (non-hydrogen) atoms. The lowest BCUT2D eigenvalue weighted by Crippen LogP contribution is -2.24. The summed E-state index contributed by atoms with van der Waals surface area (Å²) in [6.07, 6.45) is -1.38. The highest BCUT2D eigenvalue weighted by atomic mass is 19.4. The molecule has 5 nitrogen and oxygen atoms in total. The first-order chi connectivity index (χ1) is 12.7. The number of nitrogens with one attached hydrogen (secondary N) is 2. The van der Waals surface area contributed by atoms with Gasteiger partial charge in [0.05, 0.1) is 6.20 Å². The zero-order valence-electron chi connectivity index (χ0n) is 13.5. The average Bonchev–Trinajstić information content (AvgIpc) is 3.35. The first-order valence-electron chi connectivity index (χ1n) is 7.87. The molecule has 2 aromatic rings. The second-order valence-corrected chi connectivity index (χ2v) is 6.07. The van der Waals surface area contributed by atoms with Gasteiger partial charge in [0, 0.05) is 17.5 Å². The zero-order valence-corrected chi connectivity index (χ0v) is 13.5. The predicted octanol–water partition coefficient (Wildman–Crippen LogP) is 4.29. The van der Waals surface area contributed by atoms with Crippen molar-refractivity contribution >= 4 is 23.1 Å². The molecule has 10 heteroatoms. The van der Waals surface area contributed by atoms with Crippen LogP contribution >= 0.6 is 0 Å². The number of rotatable bonds is 2. The van der Waals surface area contributed by atoms with Crippen LogP contribution in [0.25, 0.3) is 5.70 Å². The summed E-state index contributed by atoms with van der Waals surface area (Å²) in [5.41, 5.74) is -0.110. The first kappa shape index (κ1) is 17.3. The van der Waals surface area contributed by atoms with Crippen molar-refractivity contribution < 1.29 is 26.7 Å². The van der Waals surface area contributed by atoms with Crippen LogP contribution in [0.15, 0.2) is 41.7 Å². The van der Waals surface area contributed by atoms with Gasteiger partial charge in [-0.2, -0.15) is 18.3 Å². The molecule has 140 valence electrons. The Morgan fingerprint density at radius 2 is 1.93 bits per heavy atom. The fourth-order valence-corrected chi connectivity index (χ4v) is 2.68. The fourth-order valence-electron chi connectivity index (χ4n) is 2.68. The van der Waals surface area contributed by atoms with Gasteiger partial charge < -0.3 is 10.6 Å². The Balaban J connectivity index is 1.70. The number of benzene rings is 1. The van der Waals surface area contributed by atoms with Crippen LogP contribution in [-0.2, 0) is 0 Å². The number of carbonyl (C=O) groups is 1. The molecule has 4 rings (SSSR count). The molecule has 2 heterocycles. The van der Waals surface area contributed by atoms with Gasteiger partial charge in [0.2, 0.25) is 0 Å². The van der Waals surface area contributed by atoms with E-state index >= 15 is 0 Å². The number of anilines is 2. The summed E-state index contributed by atoms with van der Waals surface area (Å²) in [6, 6.07) is 2.74. The molecule has 0 radical (unpaired) electrons. The molecule has 2 aliphatic rings. The lowest BCUT2D eigenvalue weighted by molar-refractivity contribution is -0.0744.